The van der Waals surface area contributed by atoms with E-state index in [4.69, 9.17) is 13.3 Å². The van der Waals surface area contributed by atoms with Gasteiger partial charge in [0.2, 0.25) is 0 Å². The molecule has 2 aromatic carbocycles. The Morgan fingerprint density at radius 3 is 1.40 bits per heavy atom. The second-order valence-corrected chi connectivity index (χ2v) is 11.0. The topological polar surface area (TPSA) is 30.9 Å². The van der Waals surface area contributed by atoms with Crippen molar-refractivity contribution in [1.82, 2.24) is 0 Å². The fourth-order valence-corrected chi connectivity index (χ4v) is 6.23. The molecular weight excluding hydrogens is 390 g/mol. The van der Waals surface area contributed by atoms with E-state index in [1.165, 1.54) is 5.69 Å². The fourth-order valence-electron chi connectivity index (χ4n) is 3.22. The van der Waals surface area contributed by atoms with Gasteiger partial charge in [-0.15, -0.1) is 0 Å². The molecule has 164 valence electrons. The highest BCUT2D eigenvalue weighted by Gasteiger charge is 2.46. The van der Waals surface area contributed by atoms with E-state index in [1.807, 2.05) is 55.6 Å². The summed E-state index contributed by atoms with van der Waals surface area (Å²) in [7, 11) is 1.02. The summed E-state index contributed by atoms with van der Waals surface area (Å²) < 4.78 is 19.0. The molecule has 0 aliphatic heterocycles. The Morgan fingerprint density at radius 2 is 1.07 bits per heavy atom. The summed E-state index contributed by atoms with van der Waals surface area (Å²) in [5.41, 5.74) is 4.32. The van der Waals surface area contributed by atoms with Gasteiger partial charge in [0, 0.05) is 43.3 Å². The van der Waals surface area contributed by atoms with E-state index < -0.39 is 8.80 Å². The number of hydrogen-bond donors (Lipinski definition) is 0. The molecule has 30 heavy (non-hydrogen) atoms. The summed E-state index contributed by atoms with van der Waals surface area (Å²) in [6.45, 7) is 16.4. The maximum atomic E-state index is 6.33. The van der Waals surface area contributed by atoms with Crippen LogP contribution in [-0.2, 0) is 13.3 Å². The second-order valence-electron chi connectivity index (χ2n) is 8.55. The van der Waals surface area contributed by atoms with Gasteiger partial charge in [-0.2, -0.15) is 0 Å². The van der Waals surface area contributed by atoms with E-state index in [1.54, 1.807) is 0 Å². The zero-order chi connectivity index (χ0) is 22.5. The SMILES string of the molecule is C=C(c1ccc(N(C)C)cc1)c1ccc([Si](OC(C)C)(OC(C)C)OC(C)C)cc1. The van der Waals surface area contributed by atoms with Crippen LogP contribution in [0.15, 0.2) is 55.1 Å². The minimum absolute atomic E-state index is 0.000907. The highest BCUT2D eigenvalue weighted by molar-refractivity contribution is 6.75. The number of rotatable bonds is 10. The monoisotopic (exact) mass is 427 g/mol. The molecule has 2 rings (SSSR count). The molecule has 0 aliphatic carbocycles. The van der Waals surface area contributed by atoms with Gasteiger partial charge in [0.1, 0.15) is 0 Å². The van der Waals surface area contributed by atoms with Gasteiger partial charge in [-0.1, -0.05) is 43.0 Å². The van der Waals surface area contributed by atoms with Crippen molar-refractivity contribution in [3.05, 3.63) is 66.2 Å². The van der Waals surface area contributed by atoms with Crippen LogP contribution in [0.1, 0.15) is 52.7 Å². The van der Waals surface area contributed by atoms with Crippen LogP contribution in [0, 0.1) is 0 Å². The van der Waals surface area contributed by atoms with E-state index in [9.17, 15) is 0 Å². The molecule has 0 fully saturated rings. The summed E-state index contributed by atoms with van der Waals surface area (Å²) in [4.78, 5) is 2.09. The summed E-state index contributed by atoms with van der Waals surface area (Å²) >= 11 is 0. The van der Waals surface area contributed by atoms with Crippen molar-refractivity contribution < 1.29 is 13.3 Å². The lowest BCUT2D eigenvalue weighted by atomic mass is 9.99. The van der Waals surface area contributed by atoms with E-state index in [0.29, 0.717) is 0 Å². The summed E-state index contributed by atoms with van der Waals surface area (Å²) in [6.07, 6.45) is -0.00272. The average molecular weight is 428 g/mol. The van der Waals surface area contributed by atoms with Crippen LogP contribution in [0.5, 0.6) is 0 Å². The molecule has 0 N–H and O–H groups in total. The zero-order valence-corrected chi connectivity index (χ0v) is 20.7. The van der Waals surface area contributed by atoms with Crippen LogP contribution >= 0.6 is 0 Å². The van der Waals surface area contributed by atoms with Crippen LogP contribution < -0.4 is 10.1 Å². The second kappa shape index (κ2) is 10.4. The van der Waals surface area contributed by atoms with Gasteiger partial charge >= 0.3 is 8.80 Å². The lowest BCUT2D eigenvalue weighted by molar-refractivity contribution is 0.0153. The third-order valence-corrected chi connectivity index (χ3v) is 7.88. The number of anilines is 1. The van der Waals surface area contributed by atoms with Gasteiger partial charge in [0.25, 0.3) is 0 Å². The van der Waals surface area contributed by atoms with Gasteiger partial charge in [0.15, 0.2) is 0 Å². The Labute approximate surface area is 183 Å². The van der Waals surface area contributed by atoms with E-state index in [0.717, 1.165) is 21.9 Å². The summed E-state index contributed by atoms with van der Waals surface area (Å²) in [5, 5.41) is 0.970. The lowest BCUT2D eigenvalue weighted by Crippen LogP contribution is -2.60. The van der Waals surface area contributed by atoms with Crippen LogP contribution in [-0.4, -0.2) is 41.2 Å². The van der Waals surface area contributed by atoms with E-state index in [-0.39, 0.29) is 18.3 Å². The molecule has 0 radical (unpaired) electrons. The Balaban J connectivity index is 2.36. The van der Waals surface area contributed by atoms with Crippen molar-refractivity contribution in [1.29, 1.82) is 0 Å². The molecule has 0 atom stereocenters. The van der Waals surface area contributed by atoms with Crippen molar-refractivity contribution in [2.45, 2.75) is 59.9 Å². The van der Waals surface area contributed by atoms with E-state index in [2.05, 4.69) is 60.0 Å². The van der Waals surface area contributed by atoms with Crippen molar-refractivity contribution in [2.24, 2.45) is 0 Å². The van der Waals surface area contributed by atoms with Gasteiger partial charge in [-0.05, 0) is 70.4 Å². The van der Waals surface area contributed by atoms with Crippen LogP contribution in [0.4, 0.5) is 5.69 Å². The molecular formula is C25H37NO3Si. The number of nitrogens with zero attached hydrogens (tertiary/aromatic N) is 1. The van der Waals surface area contributed by atoms with Crippen molar-refractivity contribution in [3.63, 3.8) is 0 Å². The molecule has 0 saturated carbocycles. The fraction of sp³-hybridized carbons (Fsp3) is 0.440. The molecule has 0 heterocycles. The molecule has 0 bridgehead atoms. The molecule has 5 heteroatoms. The minimum atomic E-state index is -3.05. The Hall–Kier alpha value is -1.92. The lowest BCUT2D eigenvalue weighted by Gasteiger charge is -2.34. The predicted octanol–water partition coefficient (Wildman–Crippen LogP) is 5.24. The Bertz CT molecular complexity index is 785. The molecule has 0 aromatic heterocycles. The van der Waals surface area contributed by atoms with Gasteiger partial charge in [-0.3, -0.25) is 0 Å². The van der Waals surface area contributed by atoms with Gasteiger partial charge in [0.05, 0.1) is 0 Å². The molecule has 0 amide bonds. The maximum absolute atomic E-state index is 6.33. The third-order valence-electron chi connectivity index (χ3n) is 4.49. The van der Waals surface area contributed by atoms with Gasteiger partial charge in [-0.25, -0.2) is 0 Å². The molecule has 4 nitrogen and oxygen atoms in total. The first-order valence-corrected chi connectivity index (χ1v) is 12.4. The minimum Gasteiger partial charge on any atom is -0.378 e. The Morgan fingerprint density at radius 1 is 0.700 bits per heavy atom. The Kier molecular flexibility index (Phi) is 8.44. The highest BCUT2D eigenvalue weighted by atomic mass is 28.4. The first kappa shape index (κ1) is 24.3. The summed E-state index contributed by atoms with van der Waals surface area (Å²) in [6, 6.07) is 16.7. The number of benzene rings is 2. The standard InChI is InChI=1S/C25H37NO3Si/c1-18(2)27-30(28-19(3)4,29-20(5)6)25-16-12-23(13-17-25)21(7)22-10-14-24(15-11-22)26(8)9/h10-20H,7H2,1-6,8-9H3. The van der Waals surface area contributed by atoms with Crippen LogP contribution in [0.3, 0.4) is 0 Å². The largest absolute Gasteiger partial charge is 0.537 e. The van der Waals surface area contributed by atoms with E-state index >= 15 is 0 Å². The number of hydrogen-bond acceptors (Lipinski definition) is 4. The normalized spacial score (nSPS) is 12.1. The quantitative estimate of drug-likeness (QED) is 0.486. The van der Waals surface area contributed by atoms with Crippen molar-refractivity contribution >= 4 is 25.3 Å². The zero-order valence-electron chi connectivity index (χ0n) is 19.7. The van der Waals surface area contributed by atoms with Crippen molar-refractivity contribution in [2.75, 3.05) is 19.0 Å². The first-order chi connectivity index (χ1) is 14.0. The molecule has 0 spiro atoms. The average Bonchev–Trinajstić information content (AvgIpc) is 2.66. The predicted molar refractivity (Wildman–Crippen MR) is 129 cm³/mol. The van der Waals surface area contributed by atoms with Crippen LogP contribution in [0.25, 0.3) is 5.57 Å². The first-order valence-electron chi connectivity index (χ1n) is 10.6. The summed E-state index contributed by atoms with van der Waals surface area (Å²) in [5.74, 6) is 0. The van der Waals surface area contributed by atoms with Crippen LogP contribution in [0.2, 0.25) is 0 Å². The molecule has 0 saturated heterocycles. The molecule has 2 aromatic rings. The van der Waals surface area contributed by atoms with Gasteiger partial charge < -0.3 is 18.2 Å². The maximum Gasteiger partial charge on any atom is 0.537 e. The smallest absolute Gasteiger partial charge is 0.378 e. The highest BCUT2D eigenvalue weighted by Crippen LogP contribution is 2.25. The third kappa shape index (κ3) is 6.29. The molecule has 0 aliphatic rings. The molecule has 0 unspecified atom stereocenters. The van der Waals surface area contributed by atoms with Crippen molar-refractivity contribution in [3.8, 4) is 0 Å².